The van der Waals surface area contributed by atoms with Crippen molar-refractivity contribution in [2.75, 3.05) is 11.9 Å². The highest BCUT2D eigenvalue weighted by Gasteiger charge is 2.52. The largest absolute Gasteiger partial charge is 0.481 e. The van der Waals surface area contributed by atoms with E-state index in [1.54, 1.807) is 6.07 Å². The predicted molar refractivity (Wildman–Crippen MR) is 140 cm³/mol. The number of nitrogens with one attached hydrogen (secondary N) is 3. The molecule has 0 spiro atoms. The summed E-state index contributed by atoms with van der Waals surface area (Å²) in [5, 5.41) is 22.6. The fraction of sp³-hybridized carbons (Fsp3) is 0.429. The molecule has 11 nitrogen and oxygen atoms in total. The number of amides is 3. The number of hydrogen-bond donors (Lipinski definition) is 4. The van der Waals surface area contributed by atoms with Gasteiger partial charge in [0.1, 0.15) is 11.4 Å². The summed E-state index contributed by atoms with van der Waals surface area (Å²) >= 11 is 0. The van der Waals surface area contributed by atoms with Crippen LogP contribution in [0.5, 0.6) is 0 Å². The van der Waals surface area contributed by atoms with Gasteiger partial charge in [0.05, 0.1) is 11.6 Å². The molecule has 1 aromatic carbocycles. The van der Waals surface area contributed by atoms with Gasteiger partial charge in [-0.3, -0.25) is 19.2 Å². The zero-order valence-corrected chi connectivity index (χ0v) is 21.5. The van der Waals surface area contributed by atoms with Crippen LogP contribution in [-0.4, -0.2) is 49.9 Å². The van der Waals surface area contributed by atoms with Crippen molar-refractivity contribution in [3.05, 3.63) is 59.0 Å². The molecule has 0 unspecified atom stereocenters. The van der Waals surface area contributed by atoms with E-state index in [0.717, 1.165) is 36.1 Å². The standard InChI is InChI=1S/C28H30N6O5/c35-23-4-3-18-2-1-17(13-19(18)33-23)15-29-24(36)20-14-21(34-22(32-20)5-12-31-34)25(37)30-16-27-6-9-28(10-7-27,11-8-27)26(38)39/h1-2,5,12-14H,3-4,6-11,15-16H2,(H,29,36)(H,30,37)(H,33,35)(H,38,39). The SMILES string of the molecule is O=C1CCc2ccc(CNC(=O)c3cc(C(=O)NCC45CCC(C(=O)O)(CC4)CC5)n4nccc4n3)cc2N1. The zero-order valence-electron chi connectivity index (χ0n) is 21.5. The van der Waals surface area contributed by atoms with Gasteiger partial charge < -0.3 is 21.1 Å². The minimum atomic E-state index is -0.707. The van der Waals surface area contributed by atoms with Crippen molar-refractivity contribution in [1.82, 2.24) is 25.2 Å². The van der Waals surface area contributed by atoms with E-state index in [9.17, 15) is 24.3 Å². The van der Waals surface area contributed by atoms with Crippen LogP contribution >= 0.6 is 0 Å². The van der Waals surface area contributed by atoms with Crippen molar-refractivity contribution in [3.8, 4) is 0 Å². The van der Waals surface area contributed by atoms with Gasteiger partial charge in [-0.1, -0.05) is 12.1 Å². The maximum Gasteiger partial charge on any atom is 0.309 e. The summed E-state index contributed by atoms with van der Waals surface area (Å²) in [6.07, 6.45) is 6.90. The molecule has 1 aliphatic heterocycles. The molecule has 2 aromatic heterocycles. The Morgan fingerprint density at radius 3 is 2.49 bits per heavy atom. The van der Waals surface area contributed by atoms with Crippen LogP contribution in [-0.2, 0) is 22.6 Å². The number of anilines is 1. The molecule has 2 bridgehead atoms. The van der Waals surface area contributed by atoms with E-state index in [1.807, 2.05) is 18.2 Å². The van der Waals surface area contributed by atoms with E-state index in [4.69, 9.17) is 0 Å². The second-order valence-electron chi connectivity index (χ2n) is 11.1. The van der Waals surface area contributed by atoms with Crippen LogP contribution in [0.2, 0.25) is 0 Å². The van der Waals surface area contributed by atoms with Crippen molar-refractivity contribution in [2.24, 2.45) is 10.8 Å². The van der Waals surface area contributed by atoms with Gasteiger partial charge in [-0.15, -0.1) is 0 Å². The number of carbonyl (C=O) groups is 4. The third kappa shape index (κ3) is 4.62. The van der Waals surface area contributed by atoms with E-state index in [1.165, 1.54) is 16.8 Å². The minimum Gasteiger partial charge on any atom is -0.481 e. The lowest BCUT2D eigenvalue weighted by Crippen LogP contribution is -2.50. The summed E-state index contributed by atoms with van der Waals surface area (Å²) in [5.74, 6) is -1.52. The van der Waals surface area contributed by atoms with E-state index in [2.05, 4.69) is 26.0 Å². The third-order valence-corrected chi connectivity index (χ3v) is 8.83. The average molecular weight is 531 g/mol. The maximum absolute atomic E-state index is 13.3. The zero-order chi connectivity index (χ0) is 27.2. The second-order valence-corrected chi connectivity index (χ2v) is 11.1. The molecule has 0 radical (unpaired) electrons. The normalized spacial score (nSPS) is 23.6. The molecule has 39 heavy (non-hydrogen) atoms. The monoisotopic (exact) mass is 530 g/mol. The Morgan fingerprint density at radius 2 is 1.74 bits per heavy atom. The molecule has 7 rings (SSSR count). The van der Waals surface area contributed by atoms with Gasteiger partial charge in [0.15, 0.2) is 5.65 Å². The van der Waals surface area contributed by atoms with Gasteiger partial charge in [-0.2, -0.15) is 5.10 Å². The first-order valence-corrected chi connectivity index (χ1v) is 13.3. The fourth-order valence-electron chi connectivity index (χ4n) is 6.20. The van der Waals surface area contributed by atoms with Crippen LogP contribution in [0.4, 0.5) is 5.69 Å². The first-order valence-electron chi connectivity index (χ1n) is 13.3. The highest BCUT2D eigenvalue weighted by atomic mass is 16.4. The summed E-state index contributed by atoms with van der Waals surface area (Å²) in [5.41, 5.74) is 2.64. The van der Waals surface area contributed by atoms with Crippen molar-refractivity contribution in [3.63, 3.8) is 0 Å². The molecule has 4 N–H and O–H groups in total. The van der Waals surface area contributed by atoms with Crippen LogP contribution < -0.4 is 16.0 Å². The van der Waals surface area contributed by atoms with Crippen molar-refractivity contribution >= 4 is 35.0 Å². The van der Waals surface area contributed by atoms with Crippen LogP contribution in [0.15, 0.2) is 36.5 Å². The number of fused-ring (bicyclic) bond motifs is 5. The lowest BCUT2D eigenvalue weighted by atomic mass is 9.53. The van der Waals surface area contributed by atoms with E-state index >= 15 is 0 Å². The summed E-state index contributed by atoms with van der Waals surface area (Å²) in [4.78, 5) is 54.2. The van der Waals surface area contributed by atoms with E-state index in [-0.39, 0.29) is 35.2 Å². The lowest BCUT2D eigenvalue weighted by Gasteiger charge is -2.51. The van der Waals surface area contributed by atoms with E-state index in [0.29, 0.717) is 44.3 Å². The Hall–Kier alpha value is -4.28. The molecule has 3 aliphatic carbocycles. The quantitative estimate of drug-likeness (QED) is 0.366. The summed E-state index contributed by atoms with van der Waals surface area (Å²) in [6, 6.07) is 8.79. The van der Waals surface area contributed by atoms with Crippen LogP contribution in [0.1, 0.15) is 77.0 Å². The van der Waals surface area contributed by atoms with Crippen LogP contribution in [0, 0.1) is 10.8 Å². The van der Waals surface area contributed by atoms with Crippen molar-refractivity contribution < 1.29 is 24.3 Å². The molecule has 3 fully saturated rings. The number of carbonyl (C=O) groups excluding carboxylic acids is 3. The molecule has 3 aromatic rings. The van der Waals surface area contributed by atoms with Gasteiger partial charge in [-0.25, -0.2) is 9.50 Å². The molecule has 202 valence electrons. The Bertz CT molecular complexity index is 1490. The number of rotatable bonds is 7. The van der Waals surface area contributed by atoms with Gasteiger partial charge in [0.2, 0.25) is 5.91 Å². The first kappa shape index (κ1) is 25.0. The Kier molecular flexibility index (Phi) is 6.08. The molecular formula is C28H30N6O5. The molecule has 3 amide bonds. The topological polar surface area (TPSA) is 155 Å². The smallest absolute Gasteiger partial charge is 0.309 e. The average Bonchev–Trinajstić information content (AvgIpc) is 3.44. The van der Waals surface area contributed by atoms with Crippen LogP contribution in [0.25, 0.3) is 5.65 Å². The van der Waals surface area contributed by atoms with Gasteiger partial charge in [0, 0.05) is 37.3 Å². The summed E-state index contributed by atoms with van der Waals surface area (Å²) in [7, 11) is 0. The number of benzene rings is 1. The number of aliphatic carboxylic acids is 1. The molecule has 0 atom stereocenters. The van der Waals surface area contributed by atoms with Gasteiger partial charge in [-0.05, 0) is 67.6 Å². The number of nitrogens with zero attached hydrogens (tertiary/aromatic N) is 3. The molecular weight excluding hydrogens is 500 g/mol. The Morgan fingerprint density at radius 1 is 0.974 bits per heavy atom. The number of carboxylic acids is 1. The lowest BCUT2D eigenvalue weighted by molar-refractivity contribution is -0.158. The summed E-state index contributed by atoms with van der Waals surface area (Å²) in [6.45, 7) is 0.680. The number of aromatic nitrogens is 3. The van der Waals surface area contributed by atoms with Crippen molar-refractivity contribution in [2.45, 2.75) is 57.9 Å². The predicted octanol–water partition coefficient (Wildman–Crippen LogP) is 2.70. The number of hydrogen-bond acceptors (Lipinski definition) is 6. The highest BCUT2D eigenvalue weighted by Crippen LogP contribution is 2.56. The first-order chi connectivity index (χ1) is 18.8. The second kappa shape index (κ2) is 9.48. The van der Waals surface area contributed by atoms with Crippen LogP contribution in [0.3, 0.4) is 0 Å². The Labute approximate surface area is 224 Å². The van der Waals surface area contributed by atoms with Gasteiger partial charge >= 0.3 is 5.97 Å². The molecule has 11 heteroatoms. The molecule has 3 saturated carbocycles. The highest BCUT2D eigenvalue weighted by molar-refractivity contribution is 5.98. The number of carboxylic acid groups (broad SMARTS) is 1. The third-order valence-electron chi connectivity index (χ3n) is 8.83. The minimum absolute atomic E-state index is 0.0206. The molecule has 3 heterocycles. The Balaban J connectivity index is 1.14. The maximum atomic E-state index is 13.3. The molecule has 4 aliphatic rings. The van der Waals surface area contributed by atoms with Gasteiger partial charge in [0.25, 0.3) is 11.8 Å². The summed E-state index contributed by atoms with van der Waals surface area (Å²) < 4.78 is 1.41. The fourth-order valence-corrected chi connectivity index (χ4v) is 6.20. The number of aryl methyl sites for hydroxylation is 1. The molecule has 0 saturated heterocycles. The van der Waals surface area contributed by atoms with E-state index < -0.39 is 17.3 Å². The van der Waals surface area contributed by atoms with Crippen molar-refractivity contribution in [1.29, 1.82) is 0 Å².